The number of benzene rings is 1. The van der Waals surface area contributed by atoms with Gasteiger partial charge in [-0.15, -0.1) is 11.8 Å². The number of fused-ring (bicyclic) bond motifs is 1. The van der Waals surface area contributed by atoms with Crippen LogP contribution in [0.2, 0.25) is 0 Å². The molecule has 10 heteroatoms. The van der Waals surface area contributed by atoms with E-state index in [2.05, 4.69) is 9.62 Å². The predicted molar refractivity (Wildman–Crippen MR) is 107 cm³/mol. The Kier molecular flexibility index (Phi) is 5.07. The lowest BCUT2D eigenvalue weighted by atomic mass is 9.49. The Morgan fingerprint density at radius 3 is 2.66 bits per heavy atom. The molecule has 1 aromatic rings. The van der Waals surface area contributed by atoms with Gasteiger partial charge in [0.2, 0.25) is 15.9 Å². The summed E-state index contributed by atoms with van der Waals surface area (Å²) in [5.41, 5.74) is 0.646. The van der Waals surface area contributed by atoms with Crippen LogP contribution in [0.25, 0.3) is 0 Å². The number of carboxylic acid groups (broad SMARTS) is 1. The van der Waals surface area contributed by atoms with E-state index in [1.165, 1.54) is 17.8 Å². The number of rotatable bonds is 6. The number of aliphatic carboxylic acids is 1. The number of carboxylic acids is 1. The molecule has 29 heavy (non-hydrogen) atoms. The molecule has 1 aromatic carbocycles. The van der Waals surface area contributed by atoms with Crippen LogP contribution in [0, 0.1) is 5.92 Å². The Morgan fingerprint density at radius 1 is 1.45 bits per heavy atom. The lowest BCUT2D eigenvalue weighted by Crippen LogP contribution is -2.69. The van der Waals surface area contributed by atoms with Crippen molar-refractivity contribution >= 4 is 33.4 Å². The Balaban J connectivity index is 1.82. The number of nitrogens with one attached hydrogen (secondary N) is 1. The van der Waals surface area contributed by atoms with E-state index in [0.717, 1.165) is 25.2 Å². The smallest absolute Gasteiger partial charge is 0.368 e. The second-order valence-electron chi connectivity index (χ2n) is 7.90. The molecular weight excluding hydrogens is 419 g/mol. The highest BCUT2D eigenvalue weighted by atomic mass is 32.2. The maximum atomic E-state index is 13.4. The molecule has 1 aliphatic heterocycles. The largest absolute Gasteiger partial charge is 0.476 e. The summed E-state index contributed by atoms with van der Waals surface area (Å²) in [5.74, 6) is -2.38. The van der Waals surface area contributed by atoms with Crippen LogP contribution in [0.4, 0.5) is 10.1 Å². The van der Waals surface area contributed by atoms with Gasteiger partial charge in [0.05, 0.1) is 10.6 Å². The van der Waals surface area contributed by atoms with Crippen molar-refractivity contribution in [1.29, 1.82) is 0 Å². The van der Waals surface area contributed by atoms with E-state index in [1.54, 1.807) is 12.3 Å². The first-order valence-corrected chi connectivity index (χ1v) is 12.2. The van der Waals surface area contributed by atoms with Crippen LogP contribution >= 0.6 is 11.8 Å². The van der Waals surface area contributed by atoms with Crippen molar-refractivity contribution in [3.63, 3.8) is 0 Å². The molecule has 0 spiro atoms. The van der Waals surface area contributed by atoms with Crippen molar-refractivity contribution in [2.24, 2.45) is 5.92 Å². The summed E-state index contributed by atoms with van der Waals surface area (Å²) in [6.45, 7) is 2.54. The van der Waals surface area contributed by atoms with Crippen molar-refractivity contribution < 1.29 is 27.4 Å². The predicted octanol–water partition coefficient (Wildman–Crippen LogP) is 3.11. The second kappa shape index (κ2) is 7.17. The fourth-order valence-corrected chi connectivity index (χ4v) is 6.49. The lowest BCUT2D eigenvalue weighted by molar-refractivity contribution is -0.134. The number of ether oxygens (including phenoxy) is 1. The molecule has 3 fully saturated rings. The van der Waals surface area contributed by atoms with Crippen LogP contribution in [0.1, 0.15) is 32.6 Å². The van der Waals surface area contributed by atoms with E-state index < -0.39 is 21.8 Å². The van der Waals surface area contributed by atoms with E-state index in [-0.39, 0.29) is 22.2 Å². The van der Waals surface area contributed by atoms with Gasteiger partial charge in [-0.2, -0.15) is 4.39 Å². The van der Waals surface area contributed by atoms with Crippen LogP contribution in [0.15, 0.2) is 34.0 Å². The van der Waals surface area contributed by atoms with Crippen molar-refractivity contribution in [2.75, 3.05) is 17.7 Å². The van der Waals surface area contributed by atoms with E-state index in [0.29, 0.717) is 29.8 Å². The maximum absolute atomic E-state index is 13.4. The number of hydrogen-bond donors (Lipinski definition) is 2. The molecule has 7 nitrogen and oxygen atoms in total. The summed E-state index contributed by atoms with van der Waals surface area (Å²) in [4.78, 5) is 13.6. The summed E-state index contributed by atoms with van der Waals surface area (Å²) in [6.07, 6.45) is 6.16. The highest BCUT2D eigenvalue weighted by Gasteiger charge is 2.61. The Labute approximate surface area is 173 Å². The number of carbonyl (C=O) groups is 1. The minimum Gasteiger partial charge on any atom is -0.476 e. The number of thioether (sulfide) groups is 1. The average Bonchev–Trinajstić information content (AvgIpc) is 2.70. The SMILES string of the molecule is CC[C@@H]1CN(C23CC(C2)C3)c2cc(SC)c(O/C=C(\F)C(=O)O)cc2S(=O)(=O)N1. The fraction of sp³-hybridized carbons (Fsp3) is 0.526. The highest BCUT2D eigenvalue weighted by Crippen LogP contribution is 2.62. The second-order valence-corrected chi connectivity index (χ2v) is 10.4. The Bertz CT molecular complexity index is 978. The summed E-state index contributed by atoms with van der Waals surface area (Å²) < 4.78 is 47.5. The number of hydrogen-bond acceptors (Lipinski definition) is 6. The molecule has 1 atom stereocenters. The molecule has 2 N–H and O–H groups in total. The van der Waals surface area contributed by atoms with Crippen LogP contribution in [0.5, 0.6) is 5.75 Å². The summed E-state index contributed by atoms with van der Waals surface area (Å²) in [6, 6.07) is 2.92. The fourth-order valence-electron chi connectivity index (χ4n) is 4.44. The Morgan fingerprint density at radius 2 is 2.14 bits per heavy atom. The van der Waals surface area contributed by atoms with Gasteiger partial charge in [-0.3, -0.25) is 0 Å². The standard InChI is InChI=1S/C19H23FN2O5S2/c1-3-12-9-22(19-6-11(7-19)8-19)14-4-16(28-2)15(27-10-13(20)18(23)24)5-17(14)29(25,26)21-12/h4-5,10-12,21H,3,6-9H2,1-2H3,(H,23,24)/b13-10-/t11?,12-,19?/m1/s1. The zero-order valence-corrected chi connectivity index (χ0v) is 17.8. The van der Waals surface area contributed by atoms with Crippen molar-refractivity contribution in [1.82, 2.24) is 4.72 Å². The zero-order chi connectivity index (χ0) is 21.0. The molecule has 3 aliphatic carbocycles. The van der Waals surface area contributed by atoms with Crippen molar-refractivity contribution in [2.45, 2.75) is 54.0 Å². The third-order valence-corrected chi connectivity index (χ3v) is 8.42. The minimum atomic E-state index is -3.81. The number of anilines is 1. The number of halogens is 1. The van der Waals surface area contributed by atoms with Gasteiger partial charge in [-0.25, -0.2) is 17.9 Å². The normalized spacial score (nSPS) is 29.9. The van der Waals surface area contributed by atoms with Gasteiger partial charge in [0.1, 0.15) is 16.9 Å². The molecule has 5 rings (SSSR count). The van der Waals surface area contributed by atoms with Gasteiger partial charge in [0.25, 0.3) is 0 Å². The monoisotopic (exact) mass is 442 g/mol. The van der Waals surface area contributed by atoms with Crippen LogP contribution in [-0.4, -0.2) is 43.9 Å². The molecule has 0 saturated heterocycles. The van der Waals surface area contributed by atoms with E-state index >= 15 is 0 Å². The molecule has 0 radical (unpaired) electrons. The molecule has 4 aliphatic rings. The van der Waals surface area contributed by atoms with Crippen LogP contribution < -0.4 is 14.4 Å². The van der Waals surface area contributed by atoms with Crippen LogP contribution in [0.3, 0.4) is 0 Å². The first kappa shape index (κ1) is 20.5. The molecule has 0 aromatic heterocycles. The molecule has 0 amide bonds. The average molecular weight is 443 g/mol. The topological polar surface area (TPSA) is 95.9 Å². The lowest BCUT2D eigenvalue weighted by Gasteiger charge is -2.67. The molecule has 3 saturated carbocycles. The van der Waals surface area contributed by atoms with E-state index in [9.17, 15) is 17.6 Å². The Hall–Kier alpha value is -1.78. The van der Waals surface area contributed by atoms with Crippen molar-refractivity contribution in [3.05, 3.63) is 24.2 Å². The summed E-state index contributed by atoms with van der Waals surface area (Å²) in [7, 11) is -3.81. The molecular formula is C19H23FN2O5S2. The summed E-state index contributed by atoms with van der Waals surface area (Å²) >= 11 is 1.33. The summed E-state index contributed by atoms with van der Waals surface area (Å²) in [5, 5.41) is 8.68. The van der Waals surface area contributed by atoms with Gasteiger partial charge < -0.3 is 14.7 Å². The van der Waals surface area contributed by atoms with Crippen molar-refractivity contribution in [3.8, 4) is 5.75 Å². The molecule has 0 unspecified atom stereocenters. The van der Waals surface area contributed by atoms with Gasteiger partial charge in [0.15, 0.2) is 0 Å². The molecule has 158 valence electrons. The van der Waals surface area contributed by atoms with Gasteiger partial charge in [-0.05, 0) is 43.9 Å². The third kappa shape index (κ3) is 3.40. The van der Waals surface area contributed by atoms with Gasteiger partial charge in [-0.1, -0.05) is 6.92 Å². The quantitative estimate of drug-likeness (QED) is 0.397. The third-order valence-electron chi connectivity index (χ3n) is 6.12. The first-order valence-electron chi connectivity index (χ1n) is 9.46. The van der Waals surface area contributed by atoms with Crippen LogP contribution in [-0.2, 0) is 14.8 Å². The number of nitrogens with zero attached hydrogens (tertiary/aromatic N) is 1. The zero-order valence-electron chi connectivity index (χ0n) is 16.1. The van der Waals surface area contributed by atoms with Gasteiger partial charge >= 0.3 is 5.97 Å². The van der Waals surface area contributed by atoms with E-state index in [1.807, 2.05) is 6.92 Å². The van der Waals surface area contributed by atoms with Gasteiger partial charge in [0, 0.05) is 24.2 Å². The minimum absolute atomic E-state index is 0.0156. The first-order chi connectivity index (χ1) is 13.7. The molecule has 2 bridgehead atoms. The highest BCUT2D eigenvalue weighted by molar-refractivity contribution is 7.98. The molecule has 1 heterocycles. The van der Waals surface area contributed by atoms with E-state index in [4.69, 9.17) is 9.84 Å². The number of sulfonamides is 1. The maximum Gasteiger partial charge on any atom is 0.368 e.